The van der Waals surface area contributed by atoms with Crippen molar-refractivity contribution in [2.45, 2.75) is 72.6 Å². The molecule has 0 atom stereocenters. The van der Waals surface area contributed by atoms with Crippen molar-refractivity contribution in [2.24, 2.45) is 5.41 Å². The normalized spacial score (nSPS) is 15.6. The Kier molecular flexibility index (Phi) is 14.2. The summed E-state index contributed by atoms with van der Waals surface area (Å²) in [4.78, 5) is 18.1. The minimum atomic E-state index is -0.0562. The lowest BCUT2D eigenvalue weighted by atomic mass is 9.73. The lowest BCUT2D eigenvalue weighted by Gasteiger charge is -2.44. The van der Waals surface area contributed by atoms with Crippen LogP contribution in [0.1, 0.15) is 66.8 Å². The van der Waals surface area contributed by atoms with Crippen molar-refractivity contribution in [1.29, 1.82) is 0 Å². The molecule has 0 bridgehead atoms. The van der Waals surface area contributed by atoms with Crippen molar-refractivity contribution in [3.8, 4) is 28.4 Å². The number of rotatable bonds is 17. The summed E-state index contributed by atoms with van der Waals surface area (Å²) < 4.78 is 19.1. The topological polar surface area (TPSA) is 97.0 Å². The molecular formula is C44H56ClN5O4. The molecule has 2 aliphatic heterocycles. The first-order chi connectivity index (χ1) is 26.3. The Morgan fingerprint density at radius 1 is 0.889 bits per heavy atom. The molecule has 3 N–H and O–H groups in total. The predicted octanol–water partition coefficient (Wildman–Crippen LogP) is 7.64. The quantitative estimate of drug-likeness (QED) is 0.0948. The van der Waals surface area contributed by atoms with Crippen LogP contribution >= 0.6 is 11.6 Å². The summed E-state index contributed by atoms with van der Waals surface area (Å²) in [6, 6.07) is 20.3. The van der Waals surface area contributed by atoms with Gasteiger partial charge in [-0.2, -0.15) is 0 Å². The Labute approximate surface area is 326 Å². The highest BCUT2D eigenvalue weighted by molar-refractivity contribution is 6.32. The Balaban J connectivity index is 1.07. The summed E-state index contributed by atoms with van der Waals surface area (Å²) in [6.07, 6.45) is 9.89. The second kappa shape index (κ2) is 19.4. The molecule has 0 saturated carbocycles. The van der Waals surface area contributed by atoms with Gasteiger partial charge in [-0.15, -0.1) is 0 Å². The minimum absolute atomic E-state index is 0.0562. The highest BCUT2D eigenvalue weighted by Crippen LogP contribution is 2.38. The summed E-state index contributed by atoms with van der Waals surface area (Å²) in [7, 11) is 0. The van der Waals surface area contributed by atoms with E-state index >= 15 is 0 Å². The van der Waals surface area contributed by atoms with Gasteiger partial charge in [-0.3, -0.25) is 9.78 Å². The molecule has 2 aliphatic rings. The molecule has 1 spiro atoms. The largest absolute Gasteiger partial charge is 0.493 e. The van der Waals surface area contributed by atoms with Crippen LogP contribution in [0.15, 0.2) is 73.1 Å². The standard InChI is InChI=1S/C44H56ClN5O4/c1-32-36(30-54-43-26-42(53-29-35-9-6-17-46-27-35)37(25-40(43)45)28-47-19-20-49-34(3)51)10-4-11-38(32)39-12-5-13-41(33(39)2)52-24-8-21-50-22-15-44(16-23-50)14-7-18-48-31-44/h4-6,9-13,17,25-27,47-48H,7-8,14-16,18-24,28-31H2,1-3H3,(H,49,51). The maximum absolute atomic E-state index is 11.3. The van der Waals surface area contributed by atoms with E-state index in [1.54, 1.807) is 12.4 Å². The van der Waals surface area contributed by atoms with Gasteiger partial charge in [0, 0.05) is 69.2 Å². The molecule has 3 aromatic carbocycles. The highest BCUT2D eigenvalue weighted by atomic mass is 35.5. The Bertz CT molecular complexity index is 1820. The van der Waals surface area contributed by atoms with Crippen LogP contribution in [0, 0.1) is 19.3 Å². The van der Waals surface area contributed by atoms with Crippen molar-refractivity contribution >= 4 is 17.5 Å². The smallest absolute Gasteiger partial charge is 0.216 e. The molecule has 1 aromatic heterocycles. The van der Waals surface area contributed by atoms with E-state index in [0.29, 0.717) is 61.4 Å². The number of carbonyl (C=O) groups excluding carboxylic acids is 1. The number of ether oxygens (including phenoxy) is 3. The van der Waals surface area contributed by atoms with Crippen molar-refractivity contribution in [3.63, 3.8) is 0 Å². The molecule has 0 unspecified atom stereocenters. The number of hydrogen-bond acceptors (Lipinski definition) is 8. The average molecular weight is 754 g/mol. The van der Waals surface area contributed by atoms with Crippen molar-refractivity contribution < 1.29 is 19.0 Å². The summed E-state index contributed by atoms with van der Waals surface area (Å²) in [5.74, 6) is 2.10. The van der Waals surface area contributed by atoms with Gasteiger partial charge in [0.25, 0.3) is 0 Å². The van der Waals surface area contributed by atoms with Gasteiger partial charge in [-0.05, 0) is 117 Å². The second-order valence-corrected chi connectivity index (χ2v) is 15.2. The molecule has 10 heteroatoms. The third-order valence-corrected chi connectivity index (χ3v) is 11.3. The Morgan fingerprint density at radius 2 is 1.69 bits per heavy atom. The van der Waals surface area contributed by atoms with Gasteiger partial charge in [0.15, 0.2) is 0 Å². The molecule has 2 fully saturated rings. The number of halogens is 1. The summed E-state index contributed by atoms with van der Waals surface area (Å²) in [6.45, 7) is 14.7. The molecule has 9 nitrogen and oxygen atoms in total. The Morgan fingerprint density at radius 3 is 2.44 bits per heavy atom. The zero-order valence-corrected chi connectivity index (χ0v) is 32.9. The van der Waals surface area contributed by atoms with Crippen LogP contribution in [0.3, 0.4) is 0 Å². The van der Waals surface area contributed by atoms with E-state index in [9.17, 15) is 4.79 Å². The van der Waals surface area contributed by atoms with Crippen molar-refractivity contribution in [3.05, 3.63) is 106 Å². The maximum atomic E-state index is 11.3. The Hall–Kier alpha value is -4.15. The monoisotopic (exact) mass is 753 g/mol. The van der Waals surface area contributed by atoms with Gasteiger partial charge >= 0.3 is 0 Å². The fourth-order valence-corrected chi connectivity index (χ4v) is 7.92. The van der Waals surface area contributed by atoms with Crippen LogP contribution in [-0.4, -0.2) is 68.2 Å². The number of likely N-dealkylation sites (tertiary alicyclic amines) is 1. The van der Waals surface area contributed by atoms with Gasteiger partial charge in [0.2, 0.25) is 5.91 Å². The van der Waals surface area contributed by atoms with E-state index in [2.05, 4.69) is 76.1 Å². The highest BCUT2D eigenvalue weighted by Gasteiger charge is 2.35. The van der Waals surface area contributed by atoms with Crippen LogP contribution in [0.5, 0.6) is 17.2 Å². The van der Waals surface area contributed by atoms with Gasteiger partial charge in [-0.1, -0.05) is 48.0 Å². The SMILES string of the molecule is CC(=O)NCCNCc1cc(Cl)c(OCc2cccc(-c3cccc(OCCCN4CCC5(CCCNC5)CC4)c3C)c2C)cc1OCc1cccnc1. The zero-order chi connectivity index (χ0) is 37.8. The van der Waals surface area contributed by atoms with Crippen LogP contribution in [0.25, 0.3) is 11.1 Å². The van der Waals surface area contributed by atoms with E-state index in [0.717, 1.165) is 57.7 Å². The van der Waals surface area contributed by atoms with Crippen LogP contribution in [0.4, 0.5) is 0 Å². The number of nitrogens with one attached hydrogen (secondary N) is 3. The number of hydrogen-bond donors (Lipinski definition) is 3. The number of piperidine rings is 2. The third kappa shape index (κ3) is 10.7. The number of amides is 1. The van der Waals surface area contributed by atoms with E-state index in [1.165, 1.54) is 58.8 Å². The van der Waals surface area contributed by atoms with E-state index in [4.69, 9.17) is 25.8 Å². The number of carbonyl (C=O) groups is 1. The molecule has 0 radical (unpaired) electrons. The maximum Gasteiger partial charge on any atom is 0.216 e. The molecule has 0 aliphatic carbocycles. The molecule has 4 aromatic rings. The van der Waals surface area contributed by atoms with Gasteiger partial charge in [0.05, 0.1) is 11.6 Å². The summed E-state index contributed by atoms with van der Waals surface area (Å²) in [5.41, 5.74) is 8.08. The predicted molar refractivity (Wildman–Crippen MR) is 216 cm³/mol. The number of benzene rings is 3. The van der Waals surface area contributed by atoms with Crippen molar-refractivity contribution in [2.75, 3.05) is 52.4 Å². The lowest BCUT2D eigenvalue weighted by molar-refractivity contribution is -0.118. The number of nitrogens with zero attached hydrogens (tertiary/aromatic N) is 2. The second-order valence-electron chi connectivity index (χ2n) is 14.8. The molecule has 54 heavy (non-hydrogen) atoms. The molecule has 288 valence electrons. The average Bonchev–Trinajstić information content (AvgIpc) is 3.18. The van der Waals surface area contributed by atoms with Gasteiger partial charge in [-0.25, -0.2) is 0 Å². The number of pyridine rings is 1. The molecule has 1 amide bonds. The van der Waals surface area contributed by atoms with Gasteiger partial charge < -0.3 is 35.1 Å². The molecule has 2 saturated heterocycles. The summed E-state index contributed by atoms with van der Waals surface area (Å²) in [5, 5.41) is 10.3. The zero-order valence-electron chi connectivity index (χ0n) is 32.1. The molecule has 6 rings (SSSR count). The fourth-order valence-electron chi connectivity index (χ4n) is 7.68. The van der Waals surface area contributed by atoms with E-state index < -0.39 is 0 Å². The first-order valence-electron chi connectivity index (χ1n) is 19.5. The molecular weight excluding hydrogens is 698 g/mol. The first-order valence-corrected chi connectivity index (χ1v) is 19.8. The first kappa shape index (κ1) is 39.5. The minimum Gasteiger partial charge on any atom is -0.493 e. The third-order valence-electron chi connectivity index (χ3n) is 11.0. The van der Waals surface area contributed by atoms with Crippen LogP contribution in [0.2, 0.25) is 5.02 Å². The molecule has 3 heterocycles. The van der Waals surface area contributed by atoms with Gasteiger partial charge in [0.1, 0.15) is 30.5 Å². The van der Waals surface area contributed by atoms with Crippen LogP contribution < -0.4 is 30.2 Å². The summed E-state index contributed by atoms with van der Waals surface area (Å²) >= 11 is 6.80. The van der Waals surface area contributed by atoms with Crippen LogP contribution in [-0.2, 0) is 24.6 Å². The fraction of sp³-hybridized carbons (Fsp3) is 0.455. The van der Waals surface area contributed by atoms with E-state index in [1.807, 2.05) is 24.3 Å². The lowest BCUT2D eigenvalue weighted by Crippen LogP contribution is -2.48. The van der Waals surface area contributed by atoms with E-state index in [-0.39, 0.29) is 5.91 Å². The number of aromatic nitrogens is 1. The van der Waals surface area contributed by atoms with Crippen molar-refractivity contribution in [1.82, 2.24) is 25.8 Å².